The number of likely N-dealkylation sites (tertiary alicyclic amines) is 1. The van der Waals surface area contributed by atoms with Crippen molar-refractivity contribution in [2.75, 3.05) is 13.2 Å². The topological polar surface area (TPSA) is 38.8 Å². The molecule has 0 aromatic carbocycles. The number of carbonyl (C=O) groups is 1. The molecule has 1 aliphatic heterocycles. The Hall–Kier alpha value is -1.45. The van der Waals surface area contributed by atoms with Crippen LogP contribution in [-0.2, 0) is 9.47 Å². The monoisotopic (exact) mass is 253 g/mol. The van der Waals surface area contributed by atoms with E-state index in [4.69, 9.17) is 9.47 Å². The minimum atomic E-state index is -0.451. The highest BCUT2D eigenvalue weighted by Gasteiger charge is 2.30. The molecule has 0 aliphatic carbocycles. The zero-order valence-corrected chi connectivity index (χ0v) is 11.5. The molecule has 1 amide bonds. The Kier molecular flexibility index (Phi) is 5.25. The maximum Gasteiger partial charge on any atom is 0.410 e. The van der Waals surface area contributed by atoms with Gasteiger partial charge in [-0.3, -0.25) is 0 Å². The van der Waals surface area contributed by atoms with Gasteiger partial charge in [0.15, 0.2) is 0 Å². The lowest BCUT2D eigenvalue weighted by atomic mass is 10.2. The van der Waals surface area contributed by atoms with Crippen LogP contribution in [0.4, 0.5) is 4.79 Å². The van der Waals surface area contributed by atoms with Crippen LogP contribution in [0.1, 0.15) is 33.6 Å². The third kappa shape index (κ3) is 4.82. The Morgan fingerprint density at radius 3 is 2.83 bits per heavy atom. The average Bonchev–Trinajstić information content (AvgIpc) is 2.70. The van der Waals surface area contributed by atoms with Crippen LogP contribution in [0.15, 0.2) is 25.0 Å². The number of nitrogens with zero attached hydrogens (tertiary/aromatic N) is 1. The van der Waals surface area contributed by atoms with Gasteiger partial charge in [-0.15, -0.1) is 0 Å². The van der Waals surface area contributed by atoms with Gasteiger partial charge < -0.3 is 14.4 Å². The van der Waals surface area contributed by atoms with Crippen molar-refractivity contribution in [3.05, 3.63) is 25.0 Å². The van der Waals surface area contributed by atoms with Crippen molar-refractivity contribution in [1.82, 2.24) is 4.90 Å². The SMILES string of the molecule is C=CCO/C=C/[C@@H]1CCCN1C(=O)OC(C)(C)C. The van der Waals surface area contributed by atoms with Crippen LogP contribution in [0.2, 0.25) is 0 Å². The summed E-state index contributed by atoms with van der Waals surface area (Å²) in [6, 6.07) is 0.0738. The van der Waals surface area contributed by atoms with E-state index >= 15 is 0 Å². The van der Waals surface area contributed by atoms with Crippen LogP contribution in [0.25, 0.3) is 0 Å². The fourth-order valence-electron chi connectivity index (χ4n) is 1.81. The lowest BCUT2D eigenvalue weighted by Gasteiger charge is -2.27. The molecule has 102 valence electrons. The molecule has 0 unspecified atom stereocenters. The standard InChI is InChI=1S/C14H23NO3/c1-5-10-17-11-8-12-7-6-9-15(12)13(16)18-14(2,3)4/h5,8,11-12H,1,6-7,9-10H2,2-4H3/b11-8+/t12-/m0/s1. The van der Waals surface area contributed by atoms with E-state index in [1.807, 2.05) is 26.8 Å². The summed E-state index contributed by atoms with van der Waals surface area (Å²) in [5.74, 6) is 0. The van der Waals surface area contributed by atoms with Crippen molar-refractivity contribution >= 4 is 6.09 Å². The zero-order valence-electron chi connectivity index (χ0n) is 11.5. The van der Waals surface area contributed by atoms with E-state index in [1.165, 1.54) is 0 Å². The Bertz CT molecular complexity index is 317. The summed E-state index contributed by atoms with van der Waals surface area (Å²) in [5, 5.41) is 0. The Balaban J connectivity index is 2.51. The first-order valence-electron chi connectivity index (χ1n) is 6.33. The summed E-state index contributed by atoms with van der Waals surface area (Å²) in [7, 11) is 0. The number of amides is 1. The molecule has 4 nitrogen and oxygen atoms in total. The van der Waals surface area contributed by atoms with E-state index in [-0.39, 0.29) is 12.1 Å². The van der Waals surface area contributed by atoms with E-state index in [0.29, 0.717) is 6.61 Å². The number of hydrogen-bond donors (Lipinski definition) is 0. The van der Waals surface area contributed by atoms with Gasteiger partial charge in [-0.05, 0) is 39.7 Å². The molecule has 0 bridgehead atoms. The number of carbonyl (C=O) groups excluding carboxylic acids is 1. The minimum Gasteiger partial charge on any atom is -0.497 e. The number of hydrogen-bond acceptors (Lipinski definition) is 3. The first-order valence-corrected chi connectivity index (χ1v) is 6.33. The molecule has 4 heteroatoms. The molecule has 0 aromatic heterocycles. The van der Waals surface area contributed by atoms with Crippen molar-refractivity contribution in [3.8, 4) is 0 Å². The molecule has 1 atom stereocenters. The fourth-order valence-corrected chi connectivity index (χ4v) is 1.81. The molecule has 1 fully saturated rings. The second kappa shape index (κ2) is 6.47. The second-order valence-corrected chi connectivity index (χ2v) is 5.33. The highest BCUT2D eigenvalue weighted by Crippen LogP contribution is 2.21. The summed E-state index contributed by atoms with van der Waals surface area (Å²) in [5.41, 5.74) is -0.451. The Morgan fingerprint density at radius 1 is 1.50 bits per heavy atom. The van der Waals surface area contributed by atoms with Gasteiger partial charge in [0.25, 0.3) is 0 Å². The van der Waals surface area contributed by atoms with Crippen LogP contribution in [0.3, 0.4) is 0 Å². The molecular weight excluding hydrogens is 230 g/mol. The van der Waals surface area contributed by atoms with Gasteiger partial charge in [-0.1, -0.05) is 12.7 Å². The van der Waals surface area contributed by atoms with E-state index < -0.39 is 5.60 Å². The lowest BCUT2D eigenvalue weighted by Crippen LogP contribution is -2.39. The van der Waals surface area contributed by atoms with Gasteiger partial charge in [0, 0.05) is 6.54 Å². The molecule has 0 spiro atoms. The molecule has 0 saturated carbocycles. The summed E-state index contributed by atoms with van der Waals surface area (Å²) in [4.78, 5) is 13.7. The number of ether oxygens (including phenoxy) is 2. The van der Waals surface area contributed by atoms with Gasteiger partial charge in [-0.2, -0.15) is 0 Å². The minimum absolute atomic E-state index is 0.0738. The average molecular weight is 253 g/mol. The smallest absolute Gasteiger partial charge is 0.410 e. The first-order chi connectivity index (χ1) is 8.44. The fraction of sp³-hybridized carbons (Fsp3) is 0.643. The predicted octanol–water partition coefficient (Wildman–Crippen LogP) is 3.10. The Labute approximate surface area is 109 Å². The third-order valence-electron chi connectivity index (χ3n) is 2.54. The van der Waals surface area contributed by atoms with Crippen LogP contribution in [0.5, 0.6) is 0 Å². The number of rotatable bonds is 4. The normalized spacial score (nSPS) is 20.2. The van der Waals surface area contributed by atoms with Crippen LogP contribution >= 0.6 is 0 Å². The summed E-state index contributed by atoms with van der Waals surface area (Å²) in [6.07, 6.45) is 6.92. The zero-order chi connectivity index (χ0) is 13.6. The molecular formula is C14H23NO3. The highest BCUT2D eigenvalue weighted by molar-refractivity contribution is 5.69. The van der Waals surface area contributed by atoms with Gasteiger partial charge in [-0.25, -0.2) is 4.79 Å². The van der Waals surface area contributed by atoms with Crippen molar-refractivity contribution in [3.63, 3.8) is 0 Å². The molecule has 1 heterocycles. The van der Waals surface area contributed by atoms with E-state index in [0.717, 1.165) is 19.4 Å². The van der Waals surface area contributed by atoms with Crippen molar-refractivity contribution < 1.29 is 14.3 Å². The molecule has 0 radical (unpaired) electrons. The van der Waals surface area contributed by atoms with Gasteiger partial charge in [0.2, 0.25) is 0 Å². The maximum atomic E-state index is 12.0. The first kappa shape index (κ1) is 14.6. The van der Waals surface area contributed by atoms with E-state index in [2.05, 4.69) is 6.58 Å². The third-order valence-corrected chi connectivity index (χ3v) is 2.54. The summed E-state index contributed by atoms with van der Waals surface area (Å²) >= 11 is 0. The quantitative estimate of drug-likeness (QED) is 0.439. The van der Waals surface area contributed by atoms with E-state index in [1.54, 1.807) is 17.2 Å². The molecule has 1 saturated heterocycles. The highest BCUT2D eigenvalue weighted by atomic mass is 16.6. The molecule has 0 aromatic rings. The second-order valence-electron chi connectivity index (χ2n) is 5.33. The van der Waals surface area contributed by atoms with Gasteiger partial charge >= 0.3 is 6.09 Å². The maximum absolute atomic E-state index is 12.0. The van der Waals surface area contributed by atoms with Crippen LogP contribution < -0.4 is 0 Å². The van der Waals surface area contributed by atoms with Crippen LogP contribution in [-0.4, -0.2) is 35.8 Å². The molecule has 1 aliphatic rings. The lowest BCUT2D eigenvalue weighted by molar-refractivity contribution is 0.0254. The summed E-state index contributed by atoms with van der Waals surface area (Å²) in [6.45, 7) is 10.4. The molecule has 1 rings (SSSR count). The predicted molar refractivity (Wildman–Crippen MR) is 71.3 cm³/mol. The molecule has 18 heavy (non-hydrogen) atoms. The van der Waals surface area contributed by atoms with Gasteiger partial charge in [0.05, 0.1) is 12.3 Å². The van der Waals surface area contributed by atoms with E-state index in [9.17, 15) is 4.79 Å². The largest absolute Gasteiger partial charge is 0.497 e. The van der Waals surface area contributed by atoms with Crippen molar-refractivity contribution in [2.45, 2.75) is 45.3 Å². The summed E-state index contributed by atoms with van der Waals surface area (Å²) < 4.78 is 10.6. The Morgan fingerprint density at radius 2 is 2.22 bits per heavy atom. The van der Waals surface area contributed by atoms with Gasteiger partial charge in [0.1, 0.15) is 12.2 Å². The van der Waals surface area contributed by atoms with Crippen molar-refractivity contribution in [2.24, 2.45) is 0 Å². The van der Waals surface area contributed by atoms with Crippen LogP contribution in [0, 0.1) is 0 Å². The molecule has 0 N–H and O–H groups in total. The van der Waals surface area contributed by atoms with Crippen molar-refractivity contribution in [1.29, 1.82) is 0 Å².